The Hall–Kier alpha value is -4.22. The molecule has 0 aliphatic carbocycles. The van der Waals surface area contributed by atoms with Gasteiger partial charge in [-0.25, -0.2) is 24.1 Å². The molecular formula is C23H30O11. The van der Waals surface area contributed by atoms with E-state index in [0.29, 0.717) is 17.7 Å². The number of para-hydroxylation sites is 1. The molecule has 0 heterocycles. The second-order valence-electron chi connectivity index (χ2n) is 5.48. The summed E-state index contributed by atoms with van der Waals surface area (Å²) in [6.45, 7) is 13.8. The van der Waals surface area contributed by atoms with Crippen LogP contribution in [0.1, 0.15) is 13.3 Å². The third-order valence-electron chi connectivity index (χ3n) is 2.82. The average molecular weight is 482 g/mol. The van der Waals surface area contributed by atoms with Gasteiger partial charge < -0.3 is 25.2 Å². The first-order valence-electron chi connectivity index (χ1n) is 9.39. The van der Waals surface area contributed by atoms with Crippen LogP contribution in [0, 0.1) is 0 Å². The van der Waals surface area contributed by atoms with E-state index in [4.69, 9.17) is 25.3 Å². The van der Waals surface area contributed by atoms with Crippen molar-refractivity contribution in [2.24, 2.45) is 0 Å². The van der Waals surface area contributed by atoms with Gasteiger partial charge in [-0.1, -0.05) is 51.4 Å². The largest absolute Gasteiger partial charge is 0.478 e. The number of aliphatic carboxylic acids is 2. The normalized spacial score (nSPS) is 9.26. The van der Waals surface area contributed by atoms with Crippen molar-refractivity contribution in [2.75, 3.05) is 13.2 Å². The second-order valence-corrected chi connectivity index (χ2v) is 5.48. The summed E-state index contributed by atoms with van der Waals surface area (Å²) in [5.74, 6) is -2.61. The van der Waals surface area contributed by atoms with Crippen LogP contribution in [-0.2, 0) is 28.8 Å². The van der Waals surface area contributed by atoms with E-state index in [2.05, 4.69) is 35.9 Å². The number of carboxylic acids is 2. The monoisotopic (exact) mass is 482 g/mol. The minimum absolute atomic E-state index is 0.193. The van der Waals surface area contributed by atoms with Gasteiger partial charge in [0.2, 0.25) is 0 Å². The molecular weight excluding hydrogens is 452 g/mol. The van der Waals surface area contributed by atoms with Gasteiger partial charge in [-0.05, 0) is 18.6 Å². The van der Waals surface area contributed by atoms with E-state index in [-0.39, 0.29) is 6.61 Å². The van der Waals surface area contributed by atoms with E-state index in [1.165, 1.54) is 0 Å². The Morgan fingerprint density at radius 3 is 1.79 bits per heavy atom. The molecule has 0 saturated carbocycles. The van der Waals surface area contributed by atoms with Gasteiger partial charge in [-0.2, -0.15) is 0 Å². The molecule has 1 aromatic carbocycles. The van der Waals surface area contributed by atoms with E-state index in [1.807, 2.05) is 13.0 Å². The number of aliphatic hydroxyl groups is 2. The number of carboxylic acid groups (broad SMARTS) is 2. The third kappa shape index (κ3) is 25.8. The zero-order valence-electron chi connectivity index (χ0n) is 18.8. The molecule has 11 nitrogen and oxygen atoms in total. The second kappa shape index (κ2) is 23.4. The van der Waals surface area contributed by atoms with Crippen molar-refractivity contribution in [2.45, 2.75) is 19.4 Å². The van der Waals surface area contributed by atoms with Crippen LogP contribution in [0.3, 0.4) is 0 Å². The van der Waals surface area contributed by atoms with Crippen molar-refractivity contribution >= 4 is 23.9 Å². The summed E-state index contributed by atoms with van der Waals surface area (Å²) in [5.41, 5.74) is 0.390. The Morgan fingerprint density at radius 1 is 0.971 bits per heavy atom. The van der Waals surface area contributed by atoms with Crippen molar-refractivity contribution < 1.29 is 54.1 Å². The highest BCUT2D eigenvalue weighted by molar-refractivity contribution is 5.87. The Bertz CT molecular complexity index is 767. The van der Waals surface area contributed by atoms with Crippen molar-refractivity contribution in [3.8, 4) is 5.75 Å². The number of ether oxygens (including phenoxy) is 1. The fourth-order valence-corrected chi connectivity index (χ4v) is 1.06. The molecule has 188 valence electrons. The van der Waals surface area contributed by atoms with Gasteiger partial charge in [-0.15, -0.1) is 0 Å². The molecule has 0 aliphatic heterocycles. The molecule has 4 N–H and O–H groups in total. The molecule has 0 aliphatic rings. The summed E-state index contributed by atoms with van der Waals surface area (Å²) in [6.07, 6.45) is 2.21. The van der Waals surface area contributed by atoms with E-state index < -0.39 is 36.6 Å². The van der Waals surface area contributed by atoms with E-state index >= 15 is 0 Å². The molecule has 0 aromatic heterocycles. The van der Waals surface area contributed by atoms with Crippen molar-refractivity contribution in [3.63, 3.8) is 0 Å². The zero-order valence-corrected chi connectivity index (χ0v) is 18.8. The number of benzene rings is 1. The minimum atomic E-state index is -0.996. The molecule has 1 rings (SSSR count). The zero-order chi connectivity index (χ0) is 26.9. The summed E-state index contributed by atoms with van der Waals surface area (Å²) >= 11 is 0. The molecule has 1 atom stereocenters. The number of hydrogen-bond acceptors (Lipinski definition) is 9. The summed E-state index contributed by atoms with van der Waals surface area (Å²) in [5, 5.41) is 32.1. The lowest BCUT2D eigenvalue weighted by Crippen LogP contribution is -2.21. The number of aliphatic hydroxyl groups excluding tert-OH is 2. The van der Waals surface area contributed by atoms with Crippen LogP contribution >= 0.6 is 0 Å². The highest BCUT2D eigenvalue weighted by atomic mass is 17.2. The van der Waals surface area contributed by atoms with Crippen LogP contribution in [0.2, 0.25) is 0 Å². The van der Waals surface area contributed by atoms with Crippen LogP contribution in [0.15, 0.2) is 80.4 Å². The molecule has 0 fully saturated rings. The molecule has 1 unspecified atom stereocenters. The van der Waals surface area contributed by atoms with Crippen LogP contribution in [0.5, 0.6) is 5.75 Å². The van der Waals surface area contributed by atoms with Gasteiger partial charge in [0, 0.05) is 23.8 Å². The Labute approximate surface area is 197 Å². The molecule has 11 heteroatoms. The van der Waals surface area contributed by atoms with Crippen LogP contribution < -0.4 is 4.89 Å². The summed E-state index contributed by atoms with van der Waals surface area (Å²) in [7, 11) is 0. The summed E-state index contributed by atoms with van der Waals surface area (Å²) in [6, 6.07) is 8.82. The first-order valence-corrected chi connectivity index (χ1v) is 9.39. The third-order valence-corrected chi connectivity index (χ3v) is 2.82. The van der Waals surface area contributed by atoms with E-state index in [9.17, 15) is 19.2 Å². The Balaban J connectivity index is -0.000000419. The Kier molecular flexibility index (Phi) is 23.7. The molecule has 0 amide bonds. The maximum Gasteiger partial charge on any atom is 0.381 e. The number of esters is 1. The highest BCUT2D eigenvalue weighted by Gasteiger charge is 2.07. The molecule has 0 saturated heterocycles. The maximum atomic E-state index is 11.1. The van der Waals surface area contributed by atoms with Crippen molar-refractivity contribution in [3.05, 3.63) is 80.4 Å². The van der Waals surface area contributed by atoms with Gasteiger partial charge in [-0.3, -0.25) is 4.89 Å². The Morgan fingerprint density at radius 2 is 1.44 bits per heavy atom. The van der Waals surface area contributed by atoms with Crippen molar-refractivity contribution in [1.82, 2.24) is 0 Å². The number of hydrogen-bond donors (Lipinski definition) is 4. The number of carbonyl (C=O) groups is 4. The van der Waals surface area contributed by atoms with Crippen molar-refractivity contribution in [1.29, 1.82) is 0 Å². The molecule has 0 radical (unpaired) electrons. The first-order chi connectivity index (χ1) is 16.0. The maximum absolute atomic E-state index is 11.1. The van der Waals surface area contributed by atoms with Gasteiger partial charge in [0.05, 0.1) is 6.61 Å². The molecule has 34 heavy (non-hydrogen) atoms. The number of rotatable bonds is 10. The fraction of sp³-hybridized carbons (Fsp3) is 0.217. The molecule has 1 aromatic rings. The van der Waals surface area contributed by atoms with E-state index in [1.54, 1.807) is 24.3 Å². The smallest absolute Gasteiger partial charge is 0.381 e. The fourth-order valence-electron chi connectivity index (χ4n) is 1.06. The van der Waals surface area contributed by atoms with Gasteiger partial charge >= 0.3 is 23.9 Å². The predicted octanol–water partition coefficient (Wildman–Crippen LogP) is 2.07. The topological polar surface area (TPSA) is 177 Å². The van der Waals surface area contributed by atoms with Gasteiger partial charge in [0.1, 0.15) is 12.7 Å². The lowest BCUT2D eigenvalue weighted by Gasteiger charge is -2.05. The summed E-state index contributed by atoms with van der Waals surface area (Å²) in [4.78, 5) is 49.2. The van der Waals surface area contributed by atoms with Crippen LogP contribution in [0.4, 0.5) is 0 Å². The summed E-state index contributed by atoms with van der Waals surface area (Å²) < 4.78 is 4.38. The lowest BCUT2D eigenvalue weighted by atomic mass is 10.2. The average Bonchev–Trinajstić information content (AvgIpc) is 2.86. The minimum Gasteiger partial charge on any atom is -0.478 e. The molecule has 0 spiro atoms. The van der Waals surface area contributed by atoms with E-state index in [0.717, 1.165) is 18.2 Å². The number of carbonyl (C=O) groups excluding carboxylic acids is 2. The quantitative estimate of drug-likeness (QED) is 0.166. The predicted molar refractivity (Wildman–Crippen MR) is 123 cm³/mol. The van der Waals surface area contributed by atoms with Gasteiger partial charge in [0.25, 0.3) is 0 Å². The SMILES string of the molecule is C=C(CC)C(=O)OOc1ccccc1.C=CC(=O)O.C=CC(=O)O.C=CC(=O)OCC(O)CO. The standard InChI is InChI=1S/C11H12O3.C6H10O4.2C3H4O2/c1-3-9(2)11(12)14-13-10-7-5-4-6-8-10;1-2-6(9)10-4-5(8)3-7;2*1-2-3(4)5/h4-8H,2-3H2,1H3;2,5,7-8H,1,3-4H2;2*2H,1H2,(H,4,5). The molecule has 0 bridgehead atoms. The first kappa shape index (κ1) is 34.4. The lowest BCUT2D eigenvalue weighted by molar-refractivity contribution is -0.208. The van der Waals surface area contributed by atoms with Crippen LogP contribution in [0.25, 0.3) is 0 Å². The highest BCUT2D eigenvalue weighted by Crippen LogP contribution is 2.10. The van der Waals surface area contributed by atoms with Crippen LogP contribution in [-0.4, -0.2) is 63.6 Å². The van der Waals surface area contributed by atoms with Gasteiger partial charge in [0.15, 0.2) is 5.75 Å².